The highest BCUT2D eigenvalue weighted by Gasteiger charge is 2.17. The van der Waals surface area contributed by atoms with Crippen molar-refractivity contribution in [2.45, 2.75) is 68.2 Å². The summed E-state index contributed by atoms with van der Waals surface area (Å²) in [5, 5.41) is 1.63. The first-order valence-corrected chi connectivity index (χ1v) is 10.2. The Morgan fingerprint density at radius 3 is 2.42 bits per heavy atom. The SMILES string of the molecule is NC(=NCCc1cnc(SC2CCCC2)nc1)N1CCCCCC1. The van der Waals surface area contributed by atoms with Crippen molar-refractivity contribution in [2.75, 3.05) is 19.6 Å². The molecule has 0 spiro atoms. The average molecular weight is 348 g/mol. The Kier molecular flexibility index (Phi) is 6.75. The third-order valence-corrected chi connectivity index (χ3v) is 6.09. The van der Waals surface area contributed by atoms with E-state index in [0.717, 1.165) is 30.2 Å². The second kappa shape index (κ2) is 9.25. The molecule has 0 bridgehead atoms. The van der Waals surface area contributed by atoms with Crippen LogP contribution in [0.25, 0.3) is 0 Å². The average Bonchev–Trinajstić information content (AvgIpc) is 2.95. The third-order valence-electron chi connectivity index (χ3n) is 4.86. The molecule has 1 saturated carbocycles. The number of hydrogen-bond donors (Lipinski definition) is 1. The summed E-state index contributed by atoms with van der Waals surface area (Å²) in [6.07, 6.45) is 15.1. The first-order valence-electron chi connectivity index (χ1n) is 9.34. The van der Waals surface area contributed by atoms with Gasteiger partial charge in [-0.2, -0.15) is 0 Å². The van der Waals surface area contributed by atoms with Gasteiger partial charge in [-0.15, -0.1) is 0 Å². The highest BCUT2D eigenvalue weighted by molar-refractivity contribution is 7.99. The fourth-order valence-corrected chi connectivity index (χ4v) is 4.48. The van der Waals surface area contributed by atoms with Gasteiger partial charge in [-0.25, -0.2) is 9.97 Å². The van der Waals surface area contributed by atoms with Crippen LogP contribution < -0.4 is 5.73 Å². The van der Waals surface area contributed by atoms with Crippen LogP contribution in [0.2, 0.25) is 0 Å². The van der Waals surface area contributed by atoms with E-state index in [0.29, 0.717) is 17.8 Å². The van der Waals surface area contributed by atoms with Gasteiger partial charge in [0.25, 0.3) is 0 Å². The van der Waals surface area contributed by atoms with Crippen molar-refractivity contribution < 1.29 is 0 Å². The Balaban J connectivity index is 1.44. The van der Waals surface area contributed by atoms with Crippen LogP contribution in [0, 0.1) is 0 Å². The highest BCUT2D eigenvalue weighted by atomic mass is 32.2. The van der Waals surface area contributed by atoms with Crippen molar-refractivity contribution in [2.24, 2.45) is 10.7 Å². The molecule has 2 heterocycles. The Labute approximate surface area is 149 Å². The zero-order valence-electron chi connectivity index (χ0n) is 14.5. The lowest BCUT2D eigenvalue weighted by Gasteiger charge is -2.21. The van der Waals surface area contributed by atoms with Crippen molar-refractivity contribution in [3.05, 3.63) is 18.0 Å². The van der Waals surface area contributed by atoms with Gasteiger partial charge in [-0.1, -0.05) is 37.4 Å². The van der Waals surface area contributed by atoms with Gasteiger partial charge in [-0.05, 0) is 37.7 Å². The molecule has 0 amide bonds. The molecule has 1 aromatic rings. The summed E-state index contributed by atoms with van der Waals surface area (Å²) in [6.45, 7) is 2.80. The maximum absolute atomic E-state index is 6.14. The number of aliphatic imine (C=N–C) groups is 1. The molecule has 2 aliphatic rings. The summed E-state index contributed by atoms with van der Waals surface area (Å²) in [5.41, 5.74) is 7.28. The standard InChI is InChI=1S/C18H29N5S/c19-17(23-11-5-1-2-6-12-23)20-10-9-15-13-21-18(22-14-15)24-16-7-3-4-8-16/h13-14,16H,1-12H2,(H2,19,20). The Hall–Kier alpha value is -1.30. The van der Waals surface area contributed by atoms with Gasteiger partial charge < -0.3 is 10.6 Å². The van der Waals surface area contributed by atoms with E-state index in [-0.39, 0.29) is 0 Å². The molecule has 132 valence electrons. The minimum atomic E-state index is 0.700. The number of rotatable bonds is 5. The van der Waals surface area contributed by atoms with E-state index in [9.17, 15) is 0 Å². The first kappa shape index (κ1) is 17.5. The normalized spacial score (nSPS) is 20.3. The summed E-state index contributed by atoms with van der Waals surface area (Å²) in [4.78, 5) is 15.8. The fourth-order valence-electron chi connectivity index (χ4n) is 3.39. The summed E-state index contributed by atoms with van der Waals surface area (Å²) >= 11 is 1.83. The molecule has 6 heteroatoms. The van der Waals surface area contributed by atoms with Crippen molar-refractivity contribution in [1.82, 2.24) is 14.9 Å². The highest BCUT2D eigenvalue weighted by Crippen LogP contribution is 2.32. The molecule has 1 aliphatic heterocycles. The van der Waals surface area contributed by atoms with E-state index in [1.54, 1.807) is 0 Å². The molecule has 24 heavy (non-hydrogen) atoms. The van der Waals surface area contributed by atoms with Crippen molar-refractivity contribution in [3.8, 4) is 0 Å². The molecule has 5 nitrogen and oxygen atoms in total. The summed E-state index contributed by atoms with van der Waals surface area (Å²) in [7, 11) is 0. The van der Waals surface area contributed by atoms with Gasteiger partial charge in [0.15, 0.2) is 11.1 Å². The molecule has 2 fully saturated rings. The molecule has 1 aromatic heterocycles. The number of hydrogen-bond acceptors (Lipinski definition) is 4. The number of nitrogens with zero attached hydrogens (tertiary/aromatic N) is 4. The van der Waals surface area contributed by atoms with E-state index in [1.165, 1.54) is 51.4 Å². The molecule has 2 N–H and O–H groups in total. The largest absolute Gasteiger partial charge is 0.370 e. The maximum Gasteiger partial charge on any atom is 0.191 e. The summed E-state index contributed by atoms with van der Waals surface area (Å²) in [6, 6.07) is 0. The van der Waals surface area contributed by atoms with E-state index in [4.69, 9.17) is 5.73 Å². The van der Waals surface area contributed by atoms with Crippen molar-refractivity contribution in [3.63, 3.8) is 0 Å². The third kappa shape index (κ3) is 5.36. The topological polar surface area (TPSA) is 67.4 Å². The monoisotopic (exact) mass is 347 g/mol. The Morgan fingerprint density at radius 2 is 1.75 bits per heavy atom. The van der Waals surface area contributed by atoms with Crippen LogP contribution in [0.1, 0.15) is 56.9 Å². The van der Waals surface area contributed by atoms with E-state index < -0.39 is 0 Å². The molecule has 0 aromatic carbocycles. The van der Waals surface area contributed by atoms with Gasteiger partial charge in [0.1, 0.15) is 0 Å². The van der Waals surface area contributed by atoms with Gasteiger partial charge in [0.2, 0.25) is 0 Å². The first-order chi connectivity index (χ1) is 11.8. The van der Waals surface area contributed by atoms with E-state index >= 15 is 0 Å². The molecule has 0 atom stereocenters. The van der Waals surface area contributed by atoms with Gasteiger partial charge in [0.05, 0.1) is 0 Å². The lowest BCUT2D eigenvalue weighted by atomic mass is 10.2. The quantitative estimate of drug-likeness (QED) is 0.503. The van der Waals surface area contributed by atoms with E-state index in [2.05, 4.69) is 19.9 Å². The molecule has 3 rings (SSSR count). The molecule has 1 aliphatic carbocycles. The molecule has 0 radical (unpaired) electrons. The van der Waals surface area contributed by atoms with E-state index in [1.807, 2.05) is 24.2 Å². The minimum absolute atomic E-state index is 0.700. The van der Waals surface area contributed by atoms with Crippen LogP contribution in [0.15, 0.2) is 22.5 Å². The smallest absolute Gasteiger partial charge is 0.191 e. The van der Waals surface area contributed by atoms with Crippen LogP contribution in [-0.4, -0.2) is 45.7 Å². The molecular weight excluding hydrogens is 318 g/mol. The van der Waals surface area contributed by atoms with Crippen molar-refractivity contribution in [1.29, 1.82) is 0 Å². The number of guanidine groups is 1. The zero-order valence-corrected chi connectivity index (χ0v) is 15.3. The lowest BCUT2D eigenvalue weighted by molar-refractivity contribution is 0.428. The van der Waals surface area contributed by atoms with Crippen LogP contribution >= 0.6 is 11.8 Å². The van der Waals surface area contributed by atoms with Gasteiger partial charge in [-0.3, -0.25) is 4.99 Å². The lowest BCUT2D eigenvalue weighted by Crippen LogP contribution is -2.38. The van der Waals surface area contributed by atoms with Crippen LogP contribution in [0.5, 0.6) is 0 Å². The predicted octanol–water partition coefficient (Wildman–Crippen LogP) is 3.24. The van der Waals surface area contributed by atoms with Crippen LogP contribution in [0.4, 0.5) is 0 Å². The number of likely N-dealkylation sites (tertiary alicyclic amines) is 1. The maximum atomic E-state index is 6.14. The molecule has 1 saturated heterocycles. The van der Waals surface area contributed by atoms with Gasteiger partial charge in [0, 0.05) is 37.3 Å². The fraction of sp³-hybridized carbons (Fsp3) is 0.722. The molecule has 0 unspecified atom stereocenters. The second-order valence-electron chi connectivity index (χ2n) is 6.79. The minimum Gasteiger partial charge on any atom is -0.370 e. The number of thioether (sulfide) groups is 1. The summed E-state index contributed by atoms with van der Waals surface area (Å²) in [5.74, 6) is 0.700. The van der Waals surface area contributed by atoms with Gasteiger partial charge >= 0.3 is 0 Å². The van der Waals surface area contributed by atoms with Crippen LogP contribution in [0.3, 0.4) is 0 Å². The molecular formula is C18H29N5S. The van der Waals surface area contributed by atoms with Crippen LogP contribution in [-0.2, 0) is 6.42 Å². The van der Waals surface area contributed by atoms with Crippen molar-refractivity contribution >= 4 is 17.7 Å². The Morgan fingerprint density at radius 1 is 1.08 bits per heavy atom. The predicted molar refractivity (Wildman–Crippen MR) is 100 cm³/mol. The summed E-state index contributed by atoms with van der Waals surface area (Å²) < 4.78 is 0. The number of nitrogens with two attached hydrogens (primary N) is 1. The number of aromatic nitrogens is 2. The zero-order chi connectivity index (χ0) is 16.6. The second-order valence-corrected chi connectivity index (χ2v) is 8.06. The Bertz CT molecular complexity index is 517.